The SMILES string of the molecule is Nc1ncnc2c1ncn2[C@@H]1O[C@H](COP(=O)([O-])OC(=O)[C@@H](N)CO)[C@@H](O)[C@H]1O. The second-order valence-corrected chi connectivity index (χ2v) is 7.41. The van der Waals surface area contributed by atoms with Gasteiger partial charge in [0.2, 0.25) is 0 Å². The van der Waals surface area contributed by atoms with Crippen molar-refractivity contribution in [1.82, 2.24) is 19.5 Å². The number of fused-ring (bicyclic) bond motifs is 1. The number of nitrogen functional groups attached to an aromatic ring is 1. The highest BCUT2D eigenvalue weighted by atomic mass is 31.2. The summed E-state index contributed by atoms with van der Waals surface area (Å²) in [6.45, 7) is -1.61. The maximum atomic E-state index is 11.7. The largest absolute Gasteiger partial charge is 0.746 e. The molecule has 1 saturated heterocycles. The zero-order valence-corrected chi connectivity index (χ0v) is 15.5. The van der Waals surface area contributed by atoms with Crippen LogP contribution < -0.4 is 16.4 Å². The van der Waals surface area contributed by atoms with Gasteiger partial charge in [-0.25, -0.2) is 19.7 Å². The van der Waals surface area contributed by atoms with Crippen molar-refractivity contribution < 1.29 is 43.4 Å². The van der Waals surface area contributed by atoms with Crippen LogP contribution in [0.15, 0.2) is 12.7 Å². The number of rotatable bonds is 7. The highest BCUT2D eigenvalue weighted by Crippen LogP contribution is 2.40. The molecule has 160 valence electrons. The van der Waals surface area contributed by atoms with E-state index in [0.717, 1.165) is 0 Å². The number of imidazole rings is 1. The molecule has 0 saturated carbocycles. The van der Waals surface area contributed by atoms with Crippen molar-refractivity contribution in [3.8, 4) is 0 Å². The minimum atomic E-state index is -5.16. The van der Waals surface area contributed by atoms with Crippen molar-refractivity contribution in [2.75, 3.05) is 18.9 Å². The standard InChI is InChI=1S/C13H19N6O9P/c14-5(1-20)13(23)28-29(24,25)26-2-6-8(21)9(22)12(27-6)19-4-18-7-10(15)16-3-17-11(7)19/h3-6,8-9,12,20-22H,1-2,14H2,(H,24,25)(H2,15,16,17)/p-1/t5-,6+,8+,9+,12+/m0/s1. The number of nitrogens with two attached hydrogens (primary N) is 2. The normalized spacial score (nSPS) is 27.6. The third kappa shape index (κ3) is 4.36. The van der Waals surface area contributed by atoms with Gasteiger partial charge in [0.1, 0.15) is 36.2 Å². The fourth-order valence-electron chi connectivity index (χ4n) is 2.60. The summed E-state index contributed by atoms with van der Waals surface area (Å²) in [5, 5.41) is 29.2. The monoisotopic (exact) mass is 433 g/mol. The number of ether oxygens (including phenoxy) is 1. The first-order valence-corrected chi connectivity index (χ1v) is 9.60. The maximum absolute atomic E-state index is 11.7. The van der Waals surface area contributed by atoms with Gasteiger partial charge in [0, 0.05) is 0 Å². The molecule has 1 aliphatic heterocycles. The molecule has 0 bridgehead atoms. The van der Waals surface area contributed by atoms with Gasteiger partial charge in [-0.15, -0.1) is 0 Å². The lowest BCUT2D eigenvalue weighted by Gasteiger charge is -2.25. The summed E-state index contributed by atoms with van der Waals surface area (Å²) in [6, 6.07) is -1.57. The number of carbonyl (C=O) groups is 1. The molecule has 1 unspecified atom stereocenters. The zero-order valence-electron chi connectivity index (χ0n) is 14.6. The maximum Gasteiger partial charge on any atom is 0.331 e. The van der Waals surface area contributed by atoms with Gasteiger partial charge in [-0.1, -0.05) is 0 Å². The summed E-state index contributed by atoms with van der Waals surface area (Å²) in [5.74, 6) is -1.32. The number of nitrogens with zero attached hydrogens (tertiary/aromatic N) is 4. The Morgan fingerprint density at radius 3 is 2.79 bits per heavy atom. The average Bonchev–Trinajstić information content (AvgIpc) is 3.22. The van der Waals surface area contributed by atoms with E-state index >= 15 is 0 Å². The van der Waals surface area contributed by atoms with E-state index < -0.39 is 57.6 Å². The number of hydrogen-bond donors (Lipinski definition) is 5. The molecule has 0 amide bonds. The minimum Gasteiger partial charge on any atom is -0.746 e. The van der Waals surface area contributed by atoms with Crippen molar-refractivity contribution in [1.29, 1.82) is 0 Å². The lowest BCUT2D eigenvalue weighted by atomic mass is 10.1. The van der Waals surface area contributed by atoms with Crippen LogP contribution in [0.25, 0.3) is 11.2 Å². The van der Waals surface area contributed by atoms with E-state index in [-0.39, 0.29) is 17.0 Å². The Bertz CT molecular complexity index is 941. The molecule has 0 spiro atoms. The Hall–Kier alpha value is -2.23. The lowest BCUT2D eigenvalue weighted by Crippen LogP contribution is -2.37. The molecule has 29 heavy (non-hydrogen) atoms. The van der Waals surface area contributed by atoms with Crippen LogP contribution in [0.2, 0.25) is 0 Å². The van der Waals surface area contributed by atoms with Crippen LogP contribution >= 0.6 is 7.82 Å². The van der Waals surface area contributed by atoms with Crippen LogP contribution in [0.3, 0.4) is 0 Å². The third-order valence-corrected chi connectivity index (χ3v) is 4.97. The summed E-state index contributed by atoms with van der Waals surface area (Å²) in [5.41, 5.74) is 11.3. The topological polar surface area (TPSA) is 241 Å². The summed E-state index contributed by atoms with van der Waals surface area (Å²) in [4.78, 5) is 34.8. The van der Waals surface area contributed by atoms with E-state index in [1.54, 1.807) is 0 Å². The number of carbonyl (C=O) groups excluding carboxylic acids is 1. The molecule has 0 radical (unpaired) electrons. The molecule has 0 aromatic carbocycles. The number of aliphatic hydroxyl groups is 3. The van der Waals surface area contributed by atoms with Gasteiger partial charge in [0.25, 0.3) is 0 Å². The Balaban J connectivity index is 1.69. The van der Waals surface area contributed by atoms with Gasteiger partial charge < -0.3 is 45.5 Å². The van der Waals surface area contributed by atoms with E-state index in [0.29, 0.717) is 0 Å². The quantitative estimate of drug-likeness (QED) is 0.265. The summed E-state index contributed by atoms with van der Waals surface area (Å²) in [7, 11) is -5.16. The Kier molecular flexibility index (Phi) is 6.11. The fourth-order valence-corrected chi connectivity index (χ4v) is 3.33. The van der Waals surface area contributed by atoms with Crippen molar-refractivity contribution in [2.24, 2.45) is 5.73 Å². The van der Waals surface area contributed by atoms with Gasteiger partial charge in [0.15, 0.2) is 17.7 Å². The Morgan fingerprint density at radius 1 is 1.38 bits per heavy atom. The minimum absolute atomic E-state index is 0.0943. The van der Waals surface area contributed by atoms with Gasteiger partial charge in [-0.05, 0) is 0 Å². The van der Waals surface area contributed by atoms with Crippen molar-refractivity contribution >= 4 is 30.8 Å². The molecule has 16 heteroatoms. The first-order valence-electron chi connectivity index (χ1n) is 8.14. The van der Waals surface area contributed by atoms with E-state index in [4.69, 9.17) is 21.3 Å². The molecule has 0 aliphatic carbocycles. The van der Waals surface area contributed by atoms with Crippen molar-refractivity contribution in [2.45, 2.75) is 30.6 Å². The molecule has 3 heterocycles. The molecule has 2 aromatic heterocycles. The number of aliphatic hydroxyl groups excluding tert-OH is 3. The van der Waals surface area contributed by atoms with Gasteiger partial charge in [-0.3, -0.25) is 9.13 Å². The highest BCUT2D eigenvalue weighted by Gasteiger charge is 2.45. The Morgan fingerprint density at radius 2 is 2.10 bits per heavy atom. The molecular weight excluding hydrogens is 415 g/mol. The number of phosphoric acid groups is 1. The van der Waals surface area contributed by atoms with E-state index in [1.807, 2.05) is 0 Å². The average molecular weight is 433 g/mol. The van der Waals surface area contributed by atoms with Crippen LogP contribution in [-0.2, 0) is 23.1 Å². The smallest absolute Gasteiger partial charge is 0.331 e. The molecule has 1 fully saturated rings. The molecular formula is C13H18N6O9P-. The highest BCUT2D eigenvalue weighted by molar-refractivity contribution is 7.46. The molecule has 3 rings (SSSR count). The van der Waals surface area contributed by atoms with Crippen LogP contribution in [0, 0.1) is 0 Å². The van der Waals surface area contributed by atoms with Gasteiger partial charge in [-0.2, -0.15) is 0 Å². The molecule has 1 aliphatic rings. The van der Waals surface area contributed by atoms with Crippen LogP contribution in [0.5, 0.6) is 0 Å². The molecule has 6 atom stereocenters. The molecule has 2 aromatic rings. The molecule has 15 nitrogen and oxygen atoms in total. The number of aromatic nitrogens is 4. The summed E-state index contributed by atoms with van der Waals surface area (Å²) >= 11 is 0. The third-order valence-electron chi connectivity index (χ3n) is 4.10. The van der Waals surface area contributed by atoms with Crippen molar-refractivity contribution in [3.63, 3.8) is 0 Å². The molecule has 7 N–H and O–H groups in total. The van der Waals surface area contributed by atoms with E-state index in [2.05, 4.69) is 24.0 Å². The van der Waals surface area contributed by atoms with Crippen LogP contribution in [0.4, 0.5) is 5.82 Å². The predicted molar refractivity (Wildman–Crippen MR) is 90.4 cm³/mol. The predicted octanol–water partition coefficient (Wildman–Crippen LogP) is -3.62. The van der Waals surface area contributed by atoms with Crippen molar-refractivity contribution in [3.05, 3.63) is 12.7 Å². The lowest BCUT2D eigenvalue weighted by molar-refractivity contribution is -0.227. The van der Waals surface area contributed by atoms with Crippen LogP contribution in [-0.4, -0.2) is 78.4 Å². The first-order chi connectivity index (χ1) is 13.6. The summed E-state index contributed by atoms with van der Waals surface area (Å²) in [6.07, 6.45) is -3.10. The number of hydrogen-bond acceptors (Lipinski definition) is 14. The van der Waals surface area contributed by atoms with Gasteiger partial charge in [0.05, 0.1) is 19.5 Å². The zero-order chi connectivity index (χ0) is 21.3. The van der Waals surface area contributed by atoms with E-state index in [1.165, 1.54) is 17.2 Å². The van der Waals surface area contributed by atoms with Crippen LogP contribution in [0.1, 0.15) is 6.23 Å². The first kappa shape index (κ1) is 21.5. The summed E-state index contributed by atoms with van der Waals surface area (Å²) < 4.78 is 27.1. The fraction of sp³-hybridized carbons (Fsp3) is 0.538. The Labute approximate surface area is 162 Å². The number of anilines is 1. The second kappa shape index (κ2) is 8.25. The second-order valence-electron chi connectivity index (χ2n) is 6.07. The number of phosphoric ester groups is 1. The van der Waals surface area contributed by atoms with E-state index in [9.17, 15) is 24.5 Å². The van der Waals surface area contributed by atoms with Gasteiger partial charge >= 0.3 is 13.8 Å².